The number of benzene rings is 3. The minimum absolute atomic E-state index is 0. The number of hydrogen-bond acceptors (Lipinski definition) is 5. The van der Waals surface area contributed by atoms with Gasteiger partial charge in [-0.2, -0.15) is 0 Å². The third kappa shape index (κ3) is 8.39. The molecule has 0 aliphatic rings. The van der Waals surface area contributed by atoms with E-state index in [0.29, 0.717) is 12.5 Å². The molecule has 0 bridgehead atoms. The van der Waals surface area contributed by atoms with Crippen molar-refractivity contribution in [2.75, 3.05) is 4.90 Å². The Morgan fingerprint density at radius 2 is 1.54 bits per heavy atom. The molecule has 4 aromatic rings. The average molecular weight is 571 g/mol. The van der Waals surface area contributed by atoms with Gasteiger partial charge in [0.15, 0.2) is 0 Å². The molecule has 0 aliphatic heterocycles. The summed E-state index contributed by atoms with van der Waals surface area (Å²) < 4.78 is 0. The monoisotopic (exact) mass is 570 g/mol. The van der Waals surface area contributed by atoms with E-state index in [9.17, 15) is 14.7 Å². The van der Waals surface area contributed by atoms with Crippen LogP contribution in [0, 0.1) is 0 Å². The van der Waals surface area contributed by atoms with Gasteiger partial charge in [-0.25, -0.2) is 14.8 Å². The molecular weight excluding hydrogens is 546 g/mol. The molecule has 39 heavy (non-hydrogen) atoms. The molecular formula is C29H25Cl2N4NaO3. The Hall–Kier alpha value is -3.20. The summed E-state index contributed by atoms with van der Waals surface area (Å²) in [5, 5.41) is 12.4. The summed E-state index contributed by atoms with van der Waals surface area (Å²) in [7, 11) is 0. The molecule has 7 nitrogen and oxygen atoms in total. The first-order valence-corrected chi connectivity index (χ1v) is 12.5. The van der Waals surface area contributed by atoms with Crippen molar-refractivity contribution in [1.82, 2.24) is 15.3 Å². The summed E-state index contributed by atoms with van der Waals surface area (Å²) in [6.07, 6.45) is 6.98. The zero-order chi connectivity index (χ0) is 26.9. The maximum atomic E-state index is 12.6. The molecule has 1 unspecified atom stereocenters. The van der Waals surface area contributed by atoms with Crippen LogP contribution in [0.4, 0.5) is 11.6 Å². The standard InChI is InChI=1S/C29H24Cl2N4O3.Na.H/c30-23-10-5-11-24(31)26(23)27(36)34-25(28(37)38)12-4-9-20-13-15-22(16-14-20)35(29-32-17-6-18-33-29)19-21-7-2-1-3-8-21;;/h1-11,13-18,25H,12,19H2,(H,34,36)(H,37,38);;. The maximum absolute atomic E-state index is 12.6. The van der Waals surface area contributed by atoms with E-state index in [2.05, 4.69) is 15.3 Å². The molecule has 10 heteroatoms. The van der Waals surface area contributed by atoms with Crippen molar-refractivity contribution < 1.29 is 14.7 Å². The van der Waals surface area contributed by atoms with Gasteiger partial charge in [-0.3, -0.25) is 4.79 Å². The third-order valence-corrected chi connectivity index (χ3v) is 6.29. The Morgan fingerprint density at radius 3 is 2.15 bits per heavy atom. The normalized spacial score (nSPS) is 11.4. The minimum atomic E-state index is -1.17. The molecule has 1 heterocycles. The molecule has 194 valence electrons. The van der Waals surface area contributed by atoms with Crippen molar-refractivity contribution in [3.8, 4) is 0 Å². The van der Waals surface area contributed by atoms with E-state index in [1.807, 2.05) is 59.5 Å². The van der Waals surface area contributed by atoms with E-state index in [1.54, 1.807) is 36.7 Å². The van der Waals surface area contributed by atoms with E-state index in [0.717, 1.165) is 16.8 Å². The average Bonchev–Trinajstić information content (AvgIpc) is 2.92. The van der Waals surface area contributed by atoms with Crippen LogP contribution in [-0.4, -0.2) is 62.6 Å². The van der Waals surface area contributed by atoms with E-state index in [-0.39, 0.29) is 51.6 Å². The van der Waals surface area contributed by atoms with Gasteiger partial charge in [-0.15, -0.1) is 0 Å². The van der Waals surface area contributed by atoms with Gasteiger partial charge < -0.3 is 15.3 Å². The van der Waals surface area contributed by atoms with Crippen molar-refractivity contribution in [2.24, 2.45) is 0 Å². The molecule has 1 aromatic heterocycles. The summed E-state index contributed by atoms with van der Waals surface area (Å²) in [5.41, 5.74) is 2.93. The molecule has 2 N–H and O–H groups in total. The quantitative estimate of drug-likeness (QED) is 0.235. The van der Waals surface area contributed by atoms with Crippen molar-refractivity contribution in [2.45, 2.75) is 19.0 Å². The summed E-state index contributed by atoms with van der Waals surface area (Å²) in [5.74, 6) is -1.23. The number of rotatable bonds is 10. The fourth-order valence-electron chi connectivity index (χ4n) is 3.75. The van der Waals surface area contributed by atoms with Crippen LogP contribution in [0.5, 0.6) is 0 Å². The van der Waals surface area contributed by atoms with Gasteiger partial charge in [-0.1, -0.05) is 83.9 Å². The number of amides is 1. The van der Waals surface area contributed by atoms with Crippen LogP contribution in [0.2, 0.25) is 10.0 Å². The summed E-state index contributed by atoms with van der Waals surface area (Å²) in [6, 6.07) is 23.1. The second-order valence-electron chi connectivity index (χ2n) is 8.31. The van der Waals surface area contributed by atoms with Gasteiger partial charge >= 0.3 is 35.5 Å². The van der Waals surface area contributed by atoms with Crippen LogP contribution >= 0.6 is 23.2 Å². The number of aliphatic carboxylic acids is 1. The van der Waals surface area contributed by atoms with E-state index in [4.69, 9.17) is 23.2 Å². The molecule has 0 radical (unpaired) electrons. The number of carboxylic acid groups (broad SMARTS) is 1. The van der Waals surface area contributed by atoms with Crippen LogP contribution in [0.15, 0.2) is 97.3 Å². The Labute approximate surface area is 258 Å². The van der Waals surface area contributed by atoms with Crippen LogP contribution in [-0.2, 0) is 11.3 Å². The van der Waals surface area contributed by atoms with Crippen LogP contribution in [0.3, 0.4) is 0 Å². The van der Waals surface area contributed by atoms with Gasteiger partial charge in [-0.05, 0) is 47.9 Å². The van der Waals surface area contributed by atoms with Crippen molar-refractivity contribution in [3.63, 3.8) is 0 Å². The predicted molar refractivity (Wildman–Crippen MR) is 157 cm³/mol. The van der Waals surface area contributed by atoms with Gasteiger partial charge in [0.05, 0.1) is 22.2 Å². The SMILES string of the molecule is O=C(NC(CC=Cc1ccc(N(Cc2ccccc2)c2ncccn2)cc1)C(=O)O)c1c(Cl)cccc1Cl.[NaH]. The second kappa shape index (κ2) is 14.8. The molecule has 0 saturated carbocycles. The van der Waals surface area contributed by atoms with Gasteiger partial charge in [0.2, 0.25) is 5.95 Å². The van der Waals surface area contributed by atoms with Crippen LogP contribution in [0.1, 0.15) is 27.9 Å². The van der Waals surface area contributed by atoms with Gasteiger partial charge in [0.25, 0.3) is 5.91 Å². The fourth-order valence-corrected chi connectivity index (χ4v) is 4.32. The first-order valence-electron chi connectivity index (χ1n) is 11.7. The Bertz CT molecular complexity index is 1400. The number of carbonyl (C=O) groups excluding carboxylic acids is 1. The zero-order valence-corrected chi connectivity index (χ0v) is 21.7. The Kier molecular flexibility index (Phi) is 11.5. The Morgan fingerprint density at radius 1 is 0.897 bits per heavy atom. The molecule has 0 fully saturated rings. The number of carboxylic acids is 1. The fraction of sp³-hybridized carbons (Fsp3) is 0.103. The second-order valence-corrected chi connectivity index (χ2v) is 9.13. The first-order chi connectivity index (χ1) is 18.4. The van der Waals surface area contributed by atoms with E-state index < -0.39 is 17.9 Å². The van der Waals surface area contributed by atoms with Crippen LogP contribution < -0.4 is 10.2 Å². The van der Waals surface area contributed by atoms with Crippen molar-refractivity contribution in [3.05, 3.63) is 124 Å². The molecule has 1 atom stereocenters. The molecule has 4 rings (SSSR count). The molecule has 0 aliphatic carbocycles. The molecule has 1 amide bonds. The number of hydrogen-bond donors (Lipinski definition) is 2. The summed E-state index contributed by atoms with van der Waals surface area (Å²) >= 11 is 12.1. The van der Waals surface area contributed by atoms with Crippen LogP contribution in [0.25, 0.3) is 6.08 Å². The van der Waals surface area contributed by atoms with E-state index >= 15 is 0 Å². The molecule has 0 spiro atoms. The summed E-state index contributed by atoms with van der Waals surface area (Å²) in [4.78, 5) is 35.2. The number of carbonyl (C=O) groups is 2. The Balaban J connectivity index is 0.00000420. The number of halogens is 2. The zero-order valence-electron chi connectivity index (χ0n) is 20.2. The number of nitrogens with zero attached hydrogens (tertiary/aromatic N) is 3. The van der Waals surface area contributed by atoms with Gasteiger partial charge in [0, 0.05) is 18.1 Å². The number of nitrogens with one attached hydrogen (secondary N) is 1. The third-order valence-electron chi connectivity index (χ3n) is 5.66. The van der Waals surface area contributed by atoms with Crippen molar-refractivity contribution in [1.29, 1.82) is 0 Å². The van der Waals surface area contributed by atoms with Crippen molar-refractivity contribution >= 4 is 82.3 Å². The number of anilines is 2. The first kappa shape index (κ1) is 30.3. The number of aromatic nitrogens is 2. The predicted octanol–water partition coefficient (Wildman–Crippen LogP) is 5.76. The topological polar surface area (TPSA) is 95.4 Å². The van der Waals surface area contributed by atoms with E-state index in [1.165, 1.54) is 12.1 Å². The summed E-state index contributed by atoms with van der Waals surface area (Å²) in [6.45, 7) is 0.593. The van der Waals surface area contributed by atoms with Gasteiger partial charge in [0.1, 0.15) is 6.04 Å². The molecule has 3 aromatic carbocycles. The molecule has 0 saturated heterocycles.